The van der Waals surface area contributed by atoms with E-state index in [1.54, 1.807) is 19.3 Å². The van der Waals surface area contributed by atoms with Crippen molar-refractivity contribution >= 4 is 69.3 Å². The van der Waals surface area contributed by atoms with Crippen molar-refractivity contribution in [2.24, 2.45) is 29.2 Å². The van der Waals surface area contributed by atoms with Gasteiger partial charge in [0, 0.05) is 111 Å². The van der Waals surface area contributed by atoms with Crippen molar-refractivity contribution in [3.05, 3.63) is 159 Å². The number of rotatable bonds is 16. The Labute approximate surface area is 560 Å². The first-order chi connectivity index (χ1) is 46.1. The predicted molar refractivity (Wildman–Crippen MR) is 366 cm³/mol. The predicted octanol–water partition coefficient (Wildman–Crippen LogP) is 11.9. The standard InChI is InChI=1S/C30H35N7O2.C17H25N7O.C13H13NO.C10H10N2.C2H3ClO/c31-17-20-1-4-22-12-21(13-24(22)11-20)15-26(38)14-19-2-5-25(6-3-19)33-30-32-9-7-28(35-30)34-29-16-27(36-37-29)23-8-10-39-18-23;18-12-1-3-13(4-2-12)20-17-19-7-5-15(22-17)21-16-9-14(23-24-16)11-6-8-25-10-11;1-9(15)4-11-6-12-3-2-10(8-14)5-13(12)7-11;1-12-10-3-2-7-4-9(11)5-8(7)6-10;1-2(3)4/h1,4,7,9,11,16,19,21,23,25H,2-3,5-6,8,10,12-15,18H2,(H3,32,33,34,35,36,37);5,7,9,11-13H,1-4,6,8,10,18H2,(H3,19,20,21,22,23,24);2-3,5,11H,4,6-7H2,1H3;2-3,6,9H,4-5,11H2;1H3. The lowest BCUT2D eigenvalue weighted by Crippen LogP contribution is -2.33. The van der Waals surface area contributed by atoms with E-state index < -0.39 is 0 Å². The van der Waals surface area contributed by atoms with Gasteiger partial charge in [0.1, 0.15) is 23.2 Å². The third kappa shape index (κ3) is 20.8. The Morgan fingerprint density at radius 2 is 1.02 bits per heavy atom. The van der Waals surface area contributed by atoms with Crippen LogP contribution in [-0.4, -0.2) is 108 Å². The quantitative estimate of drug-likeness (QED) is 0.0329. The number of Topliss-reactive ketones (excluding diaryl/α,β-unsaturated/α-hetero) is 2. The Kier molecular flexibility index (Phi) is 24.6. The number of carbonyl (C=O) groups is 3. The molecule has 5 unspecified atom stereocenters. The van der Waals surface area contributed by atoms with Crippen LogP contribution in [0.5, 0.6) is 0 Å². The number of anilines is 6. The molecule has 22 nitrogen and oxygen atoms in total. The first kappa shape index (κ1) is 68.9. The molecule has 0 radical (unpaired) electrons. The molecule has 7 aliphatic rings. The van der Waals surface area contributed by atoms with E-state index in [2.05, 4.69) is 96.2 Å². The third-order valence-electron chi connectivity index (χ3n) is 18.6. The van der Waals surface area contributed by atoms with Crippen LogP contribution < -0.4 is 32.7 Å². The van der Waals surface area contributed by atoms with Crippen molar-refractivity contribution in [2.45, 2.75) is 172 Å². The summed E-state index contributed by atoms with van der Waals surface area (Å²) in [6.45, 7) is 12.9. The molecule has 7 aromatic rings. The second kappa shape index (κ2) is 33.9. The first-order valence-corrected chi connectivity index (χ1v) is 33.7. The van der Waals surface area contributed by atoms with Crippen LogP contribution in [0.3, 0.4) is 0 Å². The van der Waals surface area contributed by atoms with Crippen LogP contribution in [0.4, 0.5) is 40.9 Å². The topological polar surface area (TPSA) is 331 Å². The highest BCUT2D eigenvalue weighted by Gasteiger charge is 2.29. The third-order valence-corrected chi connectivity index (χ3v) is 18.6. The van der Waals surface area contributed by atoms with Gasteiger partial charge >= 0.3 is 0 Å². The number of aromatic nitrogens is 8. The van der Waals surface area contributed by atoms with Crippen LogP contribution >= 0.6 is 11.6 Å². The Hall–Kier alpha value is -8.95. The van der Waals surface area contributed by atoms with Crippen molar-refractivity contribution in [3.8, 4) is 12.1 Å². The van der Waals surface area contributed by atoms with E-state index in [-0.39, 0.29) is 17.1 Å². The minimum atomic E-state index is -0.361. The van der Waals surface area contributed by atoms with Crippen LogP contribution in [0.15, 0.2) is 91.3 Å². The second-order valence-electron chi connectivity index (χ2n) is 26.2. The molecule has 23 heteroatoms. The molecule has 95 heavy (non-hydrogen) atoms. The molecule has 496 valence electrons. The molecular weight excluding hydrogens is 1220 g/mol. The lowest BCUT2D eigenvalue weighted by molar-refractivity contribution is -0.121. The zero-order chi connectivity index (χ0) is 66.6. The number of H-pyrrole nitrogens is 2. The number of benzene rings is 3. The normalized spacial score (nSPS) is 22.6. The lowest BCUT2D eigenvalue weighted by Gasteiger charge is -2.29. The Bertz CT molecular complexity index is 3860. The maximum absolute atomic E-state index is 12.9. The highest BCUT2D eigenvalue weighted by Crippen LogP contribution is 2.35. The fraction of sp³-hybridized carbons (Fsp3) is 0.472. The molecule has 0 bridgehead atoms. The summed E-state index contributed by atoms with van der Waals surface area (Å²) in [5.74, 6) is 6.88. The summed E-state index contributed by atoms with van der Waals surface area (Å²) in [7, 11) is 0. The van der Waals surface area contributed by atoms with Crippen molar-refractivity contribution < 1.29 is 23.9 Å². The number of nitriles is 2. The minimum Gasteiger partial charge on any atom is -0.381 e. The molecule has 3 aromatic carbocycles. The van der Waals surface area contributed by atoms with Crippen molar-refractivity contribution in [1.82, 2.24) is 40.3 Å². The SMILES string of the molecule is CC(=O)CC1Cc2ccc(C#N)cc2C1.CC(=O)Cl.N#Cc1ccc2c(c1)CC(CC(=O)CC1CCC(Nc3nccc(Nc4cc(C5CCOC5)[nH]n4)n3)CC1)C2.NC1CCC(Nc2nccc(Nc3cc(C4CCOC4)[nH]n3)n2)CC1.[C-]#[N+]c1ccc2c(c1)CC(N)C2. The molecule has 5 aliphatic carbocycles. The number of ether oxygens (including phenoxy) is 2. The summed E-state index contributed by atoms with van der Waals surface area (Å²) in [6.07, 6.45) is 21.6. The van der Waals surface area contributed by atoms with Gasteiger partial charge in [0.2, 0.25) is 17.1 Å². The summed E-state index contributed by atoms with van der Waals surface area (Å²) in [5, 5.41) is 45.9. The summed E-state index contributed by atoms with van der Waals surface area (Å²) >= 11 is 4.64. The molecule has 2 saturated carbocycles. The summed E-state index contributed by atoms with van der Waals surface area (Å²) < 4.78 is 10.9. The van der Waals surface area contributed by atoms with Gasteiger partial charge in [-0.3, -0.25) is 19.8 Å². The first-order valence-electron chi connectivity index (χ1n) is 33.3. The molecular formula is C72H86ClN17O5. The average molecular weight is 1310 g/mol. The summed E-state index contributed by atoms with van der Waals surface area (Å²) in [5.41, 5.74) is 23.8. The number of hydrogen-bond acceptors (Lipinski definition) is 19. The van der Waals surface area contributed by atoms with E-state index in [4.69, 9.17) is 38.0 Å². The lowest BCUT2D eigenvalue weighted by atomic mass is 9.82. The molecule has 6 heterocycles. The van der Waals surface area contributed by atoms with Gasteiger partial charge in [-0.25, -0.2) is 14.8 Å². The Morgan fingerprint density at radius 1 is 0.568 bits per heavy atom. The number of ketones is 2. The average Bonchev–Trinajstić information content (AvgIpc) is 1.79. The largest absolute Gasteiger partial charge is 0.381 e. The Balaban J connectivity index is 0.000000149. The number of nitrogens with zero attached hydrogens (tertiary/aromatic N) is 9. The number of nitrogens with one attached hydrogen (secondary N) is 6. The van der Waals surface area contributed by atoms with Crippen LogP contribution in [-0.2, 0) is 62.4 Å². The van der Waals surface area contributed by atoms with Gasteiger partial charge in [0.25, 0.3) is 0 Å². The Morgan fingerprint density at radius 3 is 1.51 bits per heavy atom. The minimum absolute atomic E-state index is 0.258. The van der Waals surface area contributed by atoms with E-state index in [0.717, 1.165) is 169 Å². The van der Waals surface area contributed by atoms with Gasteiger partial charge in [-0.2, -0.15) is 30.7 Å². The zero-order valence-electron chi connectivity index (χ0n) is 54.2. The van der Waals surface area contributed by atoms with Crippen molar-refractivity contribution in [1.29, 1.82) is 10.5 Å². The number of carbonyl (C=O) groups excluding carboxylic acids is 3. The second-order valence-corrected chi connectivity index (χ2v) is 26.8. The maximum atomic E-state index is 12.9. The van der Waals surface area contributed by atoms with Gasteiger partial charge in [0.15, 0.2) is 17.3 Å². The molecule has 2 aliphatic heterocycles. The van der Waals surface area contributed by atoms with Gasteiger partial charge in [-0.05, 0) is 203 Å². The maximum Gasteiger partial charge on any atom is 0.224 e. The number of aromatic amines is 2. The van der Waals surface area contributed by atoms with Crippen molar-refractivity contribution in [2.75, 3.05) is 47.7 Å². The molecule has 0 spiro atoms. The molecule has 4 aromatic heterocycles. The van der Waals surface area contributed by atoms with Crippen LogP contribution in [0, 0.1) is 47.0 Å². The fourth-order valence-electron chi connectivity index (χ4n) is 13.9. The number of hydrogen-bond donors (Lipinski definition) is 8. The molecule has 4 fully saturated rings. The summed E-state index contributed by atoms with van der Waals surface area (Å²) in [4.78, 5) is 54.4. The monoisotopic (exact) mass is 1300 g/mol. The number of nitrogens with two attached hydrogens (primary N) is 2. The molecule has 5 atom stereocenters. The van der Waals surface area contributed by atoms with Crippen LogP contribution in [0.1, 0.15) is 165 Å². The van der Waals surface area contributed by atoms with E-state index >= 15 is 0 Å². The number of fused-ring (bicyclic) bond motifs is 3. The smallest absolute Gasteiger partial charge is 0.224 e. The van der Waals surface area contributed by atoms with Crippen LogP contribution in [0.2, 0.25) is 0 Å². The van der Waals surface area contributed by atoms with E-state index in [1.165, 1.54) is 40.3 Å². The molecule has 0 amide bonds. The molecule has 10 N–H and O–H groups in total. The fourth-order valence-corrected chi connectivity index (χ4v) is 13.9. The van der Waals surface area contributed by atoms with Gasteiger partial charge < -0.3 is 47.0 Å². The van der Waals surface area contributed by atoms with Gasteiger partial charge in [0.05, 0.1) is 43.1 Å². The van der Waals surface area contributed by atoms with Crippen LogP contribution in [0.25, 0.3) is 4.85 Å². The van der Waals surface area contributed by atoms with Gasteiger partial charge in [-0.1, -0.05) is 35.9 Å². The van der Waals surface area contributed by atoms with E-state index in [1.807, 2.05) is 72.8 Å². The summed E-state index contributed by atoms with van der Waals surface area (Å²) in [6, 6.07) is 31.0. The highest BCUT2D eigenvalue weighted by molar-refractivity contribution is 6.62. The van der Waals surface area contributed by atoms with Gasteiger partial charge in [-0.15, -0.1) is 0 Å². The van der Waals surface area contributed by atoms with Crippen molar-refractivity contribution in [3.63, 3.8) is 0 Å². The zero-order valence-corrected chi connectivity index (χ0v) is 55.0. The molecule has 2 saturated heterocycles. The molecule has 14 rings (SSSR count). The van der Waals surface area contributed by atoms with E-state index in [0.29, 0.717) is 96.0 Å². The van der Waals surface area contributed by atoms with E-state index in [9.17, 15) is 14.4 Å². The number of halogens is 1. The highest BCUT2D eigenvalue weighted by atomic mass is 35.5.